The lowest BCUT2D eigenvalue weighted by Gasteiger charge is -2.42. The second-order valence-electron chi connectivity index (χ2n) is 4.32. The highest BCUT2D eigenvalue weighted by atomic mass is 16.5. The normalized spacial score (nSPS) is 32.2. The van der Waals surface area contributed by atoms with Crippen LogP contribution in [0.2, 0.25) is 0 Å². The lowest BCUT2D eigenvalue weighted by Crippen LogP contribution is -2.54. The van der Waals surface area contributed by atoms with Crippen LogP contribution in [0.1, 0.15) is 25.7 Å². The summed E-state index contributed by atoms with van der Waals surface area (Å²) >= 11 is 0. The van der Waals surface area contributed by atoms with Crippen molar-refractivity contribution in [1.29, 1.82) is 0 Å². The van der Waals surface area contributed by atoms with Crippen molar-refractivity contribution >= 4 is 11.8 Å². The minimum Gasteiger partial charge on any atom is -0.468 e. The van der Waals surface area contributed by atoms with Gasteiger partial charge in [-0.25, -0.2) is 0 Å². The number of esters is 1. The number of carbonyl (C=O) groups excluding carboxylic acids is 2. The standard InChI is InChI=1S/C11H17NO3/c1-15-11(14)10-8-4-2-3-6-12(8)7-5-9(10)13/h8,10H,2-7H2,1H3/t8-,10-/m0/s1. The van der Waals surface area contributed by atoms with Gasteiger partial charge in [0, 0.05) is 19.0 Å². The lowest BCUT2D eigenvalue weighted by atomic mass is 9.83. The van der Waals surface area contributed by atoms with Crippen LogP contribution >= 0.6 is 0 Å². The van der Waals surface area contributed by atoms with Gasteiger partial charge in [0.15, 0.2) is 0 Å². The van der Waals surface area contributed by atoms with Crippen LogP contribution in [0.25, 0.3) is 0 Å². The molecule has 2 saturated heterocycles. The molecule has 0 N–H and O–H groups in total. The summed E-state index contributed by atoms with van der Waals surface area (Å²) in [5, 5.41) is 0. The van der Waals surface area contributed by atoms with Gasteiger partial charge in [0.05, 0.1) is 7.11 Å². The summed E-state index contributed by atoms with van der Waals surface area (Å²) < 4.78 is 4.72. The fraction of sp³-hybridized carbons (Fsp3) is 0.818. The van der Waals surface area contributed by atoms with Gasteiger partial charge in [-0.05, 0) is 19.4 Å². The first-order valence-electron chi connectivity index (χ1n) is 5.58. The first-order chi connectivity index (χ1) is 7.24. The number of hydrogen-bond donors (Lipinski definition) is 0. The molecule has 2 rings (SSSR count). The van der Waals surface area contributed by atoms with E-state index < -0.39 is 5.92 Å². The first-order valence-corrected chi connectivity index (χ1v) is 5.58. The Morgan fingerprint density at radius 3 is 2.93 bits per heavy atom. The Morgan fingerprint density at radius 1 is 1.40 bits per heavy atom. The Hall–Kier alpha value is -0.900. The molecule has 2 aliphatic rings. The Morgan fingerprint density at radius 2 is 2.20 bits per heavy atom. The highest BCUT2D eigenvalue weighted by Gasteiger charge is 2.42. The average molecular weight is 211 g/mol. The number of methoxy groups -OCH3 is 1. The molecule has 0 aromatic rings. The van der Waals surface area contributed by atoms with Crippen LogP contribution in [0, 0.1) is 5.92 Å². The van der Waals surface area contributed by atoms with Crippen molar-refractivity contribution in [2.45, 2.75) is 31.7 Å². The predicted octanol–water partition coefficient (Wildman–Crippen LogP) is 0.603. The summed E-state index contributed by atoms with van der Waals surface area (Å²) in [6.45, 7) is 1.84. The van der Waals surface area contributed by atoms with E-state index in [2.05, 4.69) is 4.90 Å². The zero-order chi connectivity index (χ0) is 10.8. The zero-order valence-electron chi connectivity index (χ0n) is 9.07. The Bertz CT molecular complexity index is 269. The molecule has 15 heavy (non-hydrogen) atoms. The first kappa shape index (κ1) is 10.6. The van der Waals surface area contributed by atoms with E-state index in [4.69, 9.17) is 4.74 Å². The molecular weight excluding hydrogens is 194 g/mol. The molecule has 2 aliphatic heterocycles. The molecule has 0 radical (unpaired) electrons. The van der Waals surface area contributed by atoms with Gasteiger partial charge in [0.25, 0.3) is 0 Å². The Kier molecular flexibility index (Phi) is 3.05. The van der Waals surface area contributed by atoms with E-state index in [9.17, 15) is 9.59 Å². The van der Waals surface area contributed by atoms with Crippen LogP contribution in [0.15, 0.2) is 0 Å². The van der Waals surface area contributed by atoms with Crippen LogP contribution in [0.3, 0.4) is 0 Å². The van der Waals surface area contributed by atoms with Crippen molar-refractivity contribution in [1.82, 2.24) is 4.90 Å². The molecule has 84 valence electrons. The predicted molar refractivity (Wildman–Crippen MR) is 54.3 cm³/mol. The maximum absolute atomic E-state index is 11.7. The third-order valence-corrected chi connectivity index (χ3v) is 3.50. The lowest BCUT2D eigenvalue weighted by molar-refractivity contribution is -0.155. The molecule has 0 aromatic heterocycles. The molecule has 2 fully saturated rings. The number of fused-ring (bicyclic) bond motifs is 1. The van der Waals surface area contributed by atoms with Crippen LogP contribution in [0.4, 0.5) is 0 Å². The number of hydrogen-bond acceptors (Lipinski definition) is 4. The molecule has 0 amide bonds. The van der Waals surface area contributed by atoms with Gasteiger partial charge < -0.3 is 4.74 Å². The van der Waals surface area contributed by atoms with Gasteiger partial charge in [-0.1, -0.05) is 6.42 Å². The van der Waals surface area contributed by atoms with Gasteiger partial charge in [0.2, 0.25) is 0 Å². The Labute approximate surface area is 89.6 Å². The highest BCUT2D eigenvalue weighted by Crippen LogP contribution is 2.29. The van der Waals surface area contributed by atoms with E-state index in [0.29, 0.717) is 6.42 Å². The van der Waals surface area contributed by atoms with Crippen LogP contribution in [-0.2, 0) is 14.3 Å². The van der Waals surface area contributed by atoms with Crippen molar-refractivity contribution in [3.63, 3.8) is 0 Å². The number of piperidine rings is 2. The van der Waals surface area contributed by atoms with Gasteiger partial charge >= 0.3 is 5.97 Å². The number of rotatable bonds is 1. The summed E-state index contributed by atoms with van der Waals surface area (Å²) in [6.07, 6.45) is 3.74. The van der Waals surface area contributed by atoms with E-state index in [1.807, 2.05) is 0 Å². The van der Waals surface area contributed by atoms with Crippen LogP contribution in [0.5, 0.6) is 0 Å². The molecule has 2 atom stereocenters. The monoisotopic (exact) mass is 211 g/mol. The van der Waals surface area contributed by atoms with Crippen LogP contribution < -0.4 is 0 Å². The second kappa shape index (κ2) is 4.31. The SMILES string of the molecule is COC(=O)[C@@H]1C(=O)CCN2CCCC[C@@H]12. The smallest absolute Gasteiger partial charge is 0.317 e. The number of Topliss-reactive ketones (excluding diaryl/α,β-unsaturated/α-hetero) is 1. The van der Waals surface area contributed by atoms with E-state index in [0.717, 1.165) is 25.9 Å². The second-order valence-corrected chi connectivity index (χ2v) is 4.32. The fourth-order valence-corrected chi connectivity index (χ4v) is 2.71. The van der Waals surface area contributed by atoms with Gasteiger partial charge in [0.1, 0.15) is 11.7 Å². The summed E-state index contributed by atoms with van der Waals surface area (Å²) in [7, 11) is 1.36. The number of ether oxygens (including phenoxy) is 1. The molecule has 0 aromatic carbocycles. The van der Waals surface area contributed by atoms with E-state index in [1.165, 1.54) is 13.5 Å². The topological polar surface area (TPSA) is 46.6 Å². The van der Waals surface area contributed by atoms with E-state index in [1.54, 1.807) is 0 Å². The van der Waals surface area contributed by atoms with Crippen LogP contribution in [-0.4, -0.2) is 42.9 Å². The molecule has 0 unspecified atom stereocenters. The molecule has 4 nitrogen and oxygen atoms in total. The maximum atomic E-state index is 11.7. The minimum atomic E-state index is -0.524. The summed E-state index contributed by atoms with van der Waals surface area (Å²) in [5.41, 5.74) is 0. The van der Waals surface area contributed by atoms with Crippen molar-refractivity contribution in [2.75, 3.05) is 20.2 Å². The molecule has 4 heteroatoms. The summed E-state index contributed by atoms with van der Waals surface area (Å²) in [5.74, 6) is -0.814. The highest BCUT2D eigenvalue weighted by molar-refractivity contribution is 6.00. The molecule has 0 bridgehead atoms. The summed E-state index contributed by atoms with van der Waals surface area (Å²) in [6, 6.07) is 0.104. The van der Waals surface area contributed by atoms with Crippen molar-refractivity contribution < 1.29 is 14.3 Å². The van der Waals surface area contributed by atoms with Gasteiger partial charge in [-0.3, -0.25) is 14.5 Å². The number of ketones is 1. The van der Waals surface area contributed by atoms with Crippen molar-refractivity contribution in [2.24, 2.45) is 5.92 Å². The van der Waals surface area contributed by atoms with E-state index >= 15 is 0 Å². The Balaban J connectivity index is 2.16. The summed E-state index contributed by atoms with van der Waals surface area (Å²) in [4.78, 5) is 25.6. The number of nitrogens with zero attached hydrogens (tertiary/aromatic N) is 1. The van der Waals surface area contributed by atoms with Crippen molar-refractivity contribution in [3.05, 3.63) is 0 Å². The number of carbonyl (C=O) groups is 2. The molecule has 2 heterocycles. The van der Waals surface area contributed by atoms with Crippen molar-refractivity contribution in [3.8, 4) is 0 Å². The largest absolute Gasteiger partial charge is 0.468 e. The molecule has 0 saturated carbocycles. The van der Waals surface area contributed by atoms with E-state index in [-0.39, 0.29) is 17.8 Å². The molecular formula is C11H17NO3. The third kappa shape index (κ3) is 1.91. The maximum Gasteiger partial charge on any atom is 0.317 e. The third-order valence-electron chi connectivity index (χ3n) is 3.50. The molecule has 0 aliphatic carbocycles. The van der Waals surface area contributed by atoms with Gasteiger partial charge in [-0.15, -0.1) is 0 Å². The molecule has 0 spiro atoms. The average Bonchev–Trinajstić information content (AvgIpc) is 2.28. The zero-order valence-corrected chi connectivity index (χ0v) is 9.07. The van der Waals surface area contributed by atoms with Gasteiger partial charge in [-0.2, -0.15) is 0 Å². The fourth-order valence-electron chi connectivity index (χ4n) is 2.71. The quantitative estimate of drug-likeness (QED) is 0.471. The minimum absolute atomic E-state index is 0.0602.